The number of ketones is 1. The highest BCUT2D eigenvalue weighted by molar-refractivity contribution is 7.98. The van der Waals surface area contributed by atoms with Gasteiger partial charge in [-0.25, -0.2) is 4.39 Å². The minimum absolute atomic E-state index is 0.0103. The summed E-state index contributed by atoms with van der Waals surface area (Å²) in [5.74, 6) is 1.73. The molecule has 0 N–H and O–H groups in total. The lowest BCUT2D eigenvalue weighted by atomic mass is 10.1. The molecule has 1 aromatic heterocycles. The molecular weight excluding hydrogens is 443 g/mol. The number of hydrogen-bond acceptors (Lipinski definition) is 7. The Kier molecular flexibility index (Phi) is 7.74. The van der Waals surface area contributed by atoms with Crippen molar-refractivity contribution < 1.29 is 18.7 Å². The minimum atomic E-state index is -0.287. The lowest BCUT2D eigenvalue weighted by molar-refractivity contribution is 0.0361. The zero-order valence-electron chi connectivity index (χ0n) is 18.8. The molecule has 1 fully saturated rings. The van der Waals surface area contributed by atoms with Crippen LogP contribution < -0.4 is 4.74 Å². The average Bonchev–Trinajstić information content (AvgIpc) is 3.25. The lowest BCUT2D eigenvalue weighted by Crippen LogP contribution is -2.38. The Balaban J connectivity index is 1.58. The molecule has 7 nitrogen and oxygen atoms in total. The van der Waals surface area contributed by atoms with Gasteiger partial charge in [-0.3, -0.25) is 9.69 Å². The predicted octanol–water partition coefficient (Wildman–Crippen LogP) is 3.92. The van der Waals surface area contributed by atoms with Crippen molar-refractivity contribution in [3.8, 4) is 17.1 Å². The fourth-order valence-electron chi connectivity index (χ4n) is 3.73. The van der Waals surface area contributed by atoms with E-state index in [1.807, 2.05) is 12.1 Å². The van der Waals surface area contributed by atoms with Crippen molar-refractivity contribution in [3.63, 3.8) is 0 Å². The molecule has 9 heteroatoms. The van der Waals surface area contributed by atoms with Gasteiger partial charge >= 0.3 is 0 Å². The number of carbonyl (C=O) groups excluding carboxylic acids is 1. The number of rotatable bonds is 9. The smallest absolute Gasteiger partial charge is 0.191 e. The number of aromatic nitrogens is 3. The molecular formula is C24H27FN4O3S. The molecule has 0 spiro atoms. The van der Waals surface area contributed by atoms with E-state index in [2.05, 4.69) is 19.7 Å². The first kappa shape index (κ1) is 23.4. The highest BCUT2D eigenvalue weighted by Gasteiger charge is 2.18. The molecule has 2 heterocycles. The van der Waals surface area contributed by atoms with E-state index in [9.17, 15) is 9.18 Å². The zero-order valence-corrected chi connectivity index (χ0v) is 19.6. The van der Waals surface area contributed by atoms with E-state index in [0.717, 1.165) is 54.9 Å². The number of ether oxygens (including phenoxy) is 2. The van der Waals surface area contributed by atoms with Crippen LogP contribution in [0.5, 0.6) is 5.75 Å². The van der Waals surface area contributed by atoms with E-state index < -0.39 is 0 Å². The molecule has 0 bridgehead atoms. The van der Waals surface area contributed by atoms with Crippen LogP contribution in [0.2, 0.25) is 0 Å². The van der Waals surface area contributed by atoms with E-state index in [1.165, 1.54) is 23.9 Å². The molecule has 0 radical (unpaired) electrons. The summed E-state index contributed by atoms with van der Waals surface area (Å²) in [5.41, 5.74) is 2.38. The zero-order chi connectivity index (χ0) is 23.2. The van der Waals surface area contributed by atoms with Crippen molar-refractivity contribution in [1.82, 2.24) is 19.7 Å². The quantitative estimate of drug-likeness (QED) is 0.347. The highest BCUT2D eigenvalue weighted by atomic mass is 32.2. The normalized spacial score (nSPS) is 14.4. The fourth-order valence-corrected chi connectivity index (χ4v) is 4.67. The molecule has 174 valence electrons. The number of methoxy groups -OCH3 is 1. The maximum absolute atomic E-state index is 13.5. The Labute approximate surface area is 196 Å². The Morgan fingerprint density at radius 1 is 1.12 bits per heavy atom. The number of Topliss-reactive ketones (excluding diaryl/α,β-unsaturated/α-hetero) is 1. The third kappa shape index (κ3) is 5.79. The number of thioether (sulfide) groups is 1. The highest BCUT2D eigenvalue weighted by Crippen LogP contribution is 2.30. The molecule has 1 aliphatic rings. The van der Waals surface area contributed by atoms with Crippen molar-refractivity contribution in [1.29, 1.82) is 0 Å². The molecule has 0 saturated carbocycles. The van der Waals surface area contributed by atoms with Crippen LogP contribution in [-0.2, 0) is 17.0 Å². The fraction of sp³-hybridized carbons (Fsp3) is 0.375. The summed E-state index contributed by atoms with van der Waals surface area (Å²) in [7, 11) is 1.62. The Morgan fingerprint density at radius 2 is 1.88 bits per heavy atom. The first-order chi connectivity index (χ1) is 16.0. The molecule has 0 unspecified atom stereocenters. The summed E-state index contributed by atoms with van der Waals surface area (Å²) in [5, 5.41) is 9.62. The first-order valence-corrected chi connectivity index (χ1v) is 11.8. The van der Waals surface area contributed by atoms with Crippen LogP contribution in [0.25, 0.3) is 11.4 Å². The van der Waals surface area contributed by atoms with E-state index >= 15 is 0 Å². The van der Waals surface area contributed by atoms with Crippen molar-refractivity contribution >= 4 is 17.5 Å². The third-order valence-electron chi connectivity index (χ3n) is 5.61. The molecule has 33 heavy (non-hydrogen) atoms. The number of hydrogen-bond donors (Lipinski definition) is 0. The van der Waals surface area contributed by atoms with Crippen molar-refractivity contribution in [2.24, 2.45) is 0 Å². The summed E-state index contributed by atoms with van der Waals surface area (Å²) < 4.78 is 26.5. The minimum Gasteiger partial charge on any atom is -0.496 e. The van der Waals surface area contributed by atoms with Crippen LogP contribution in [0.15, 0.2) is 47.6 Å². The molecule has 3 aromatic rings. The number of benzene rings is 2. The average molecular weight is 471 g/mol. The van der Waals surface area contributed by atoms with E-state index in [0.29, 0.717) is 23.7 Å². The van der Waals surface area contributed by atoms with Crippen molar-refractivity contribution in [2.75, 3.05) is 40.0 Å². The summed E-state index contributed by atoms with van der Waals surface area (Å²) in [4.78, 5) is 14.2. The largest absolute Gasteiger partial charge is 0.496 e. The molecule has 1 aliphatic heterocycles. The second-order valence-corrected chi connectivity index (χ2v) is 8.73. The van der Waals surface area contributed by atoms with Crippen LogP contribution in [0.3, 0.4) is 0 Å². The SMILES string of the molecule is COc1ccc(C(C)=O)cc1CSc1nnc(-c2ccc(F)cc2)n1CCN1CCOCC1. The van der Waals surface area contributed by atoms with E-state index in [4.69, 9.17) is 9.47 Å². The van der Waals surface area contributed by atoms with Crippen LogP contribution in [-0.4, -0.2) is 65.4 Å². The molecule has 0 amide bonds. The van der Waals surface area contributed by atoms with Gasteiger partial charge in [-0.15, -0.1) is 10.2 Å². The Hall–Kier alpha value is -2.75. The number of morpholine rings is 1. The van der Waals surface area contributed by atoms with Gasteiger partial charge in [0.2, 0.25) is 0 Å². The molecule has 0 aliphatic carbocycles. The van der Waals surface area contributed by atoms with Gasteiger partial charge in [-0.05, 0) is 49.4 Å². The van der Waals surface area contributed by atoms with Crippen molar-refractivity contribution in [3.05, 3.63) is 59.4 Å². The monoisotopic (exact) mass is 470 g/mol. The van der Waals surface area contributed by atoms with Gasteiger partial charge in [0.25, 0.3) is 0 Å². The molecule has 0 atom stereocenters. The predicted molar refractivity (Wildman–Crippen MR) is 125 cm³/mol. The topological polar surface area (TPSA) is 69.5 Å². The van der Waals surface area contributed by atoms with Gasteiger partial charge in [0.15, 0.2) is 16.8 Å². The van der Waals surface area contributed by atoms with Crippen LogP contribution in [0.1, 0.15) is 22.8 Å². The van der Waals surface area contributed by atoms with Gasteiger partial charge in [-0.1, -0.05) is 11.8 Å². The Bertz CT molecular complexity index is 1100. The summed E-state index contributed by atoms with van der Waals surface area (Å²) in [6.45, 7) is 6.35. The van der Waals surface area contributed by atoms with E-state index in [1.54, 1.807) is 32.2 Å². The number of halogens is 1. The number of nitrogens with zero attached hydrogens (tertiary/aromatic N) is 4. The van der Waals surface area contributed by atoms with Crippen molar-refractivity contribution in [2.45, 2.75) is 24.4 Å². The van der Waals surface area contributed by atoms with Crippen LogP contribution >= 0.6 is 11.8 Å². The Morgan fingerprint density at radius 3 is 2.58 bits per heavy atom. The molecule has 4 rings (SSSR count). The van der Waals surface area contributed by atoms with Gasteiger partial charge in [0.05, 0.1) is 20.3 Å². The lowest BCUT2D eigenvalue weighted by Gasteiger charge is -2.27. The van der Waals surface area contributed by atoms with Crippen LogP contribution in [0.4, 0.5) is 4.39 Å². The molecule has 1 saturated heterocycles. The molecule has 2 aromatic carbocycles. The standard InChI is InChI=1S/C24H27FN4O3S/c1-17(30)19-5-8-22(31-2)20(15-19)16-33-24-27-26-23(18-3-6-21(25)7-4-18)29(24)10-9-28-11-13-32-14-12-28/h3-8,15H,9-14,16H2,1-2H3. The summed E-state index contributed by atoms with van der Waals surface area (Å²) >= 11 is 1.54. The van der Waals surface area contributed by atoms with Gasteiger partial charge in [0.1, 0.15) is 11.6 Å². The second kappa shape index (κ2) is 10.9. The first-order valence-electron chi connectivity index (χ1n) is 10.8. The van der Waals surface area contributed by atoms with Crippen LogP contribution in [0, 0.1) is 5.82 Å². The summed E-state index contributed by atoms with van der Waals surface area (Å²) in [6.07, 6.45) is 0. The maximum atomic E-state index is 13.5. The number of carbonyl (C=O) groups is 1. The van der Waals surface area contributed by atoms with Gasteiger partial charge in [-0.2, -0.15) is 0 Å². The third-order valence-corrected chi connectivity index (χ3v) is 6.62. The maximum Gasteiger partial charge on any atom is 0.191 e. The van der Waals surface area contributed by atoms with E-state index in [-0.39, 0.29) is 11.6 Å². The van der Waals surface area contributed by atoms with Gasteiger partial charge in [0, 0.05) is 48.6 Å². The second-order valence-electron chi connectivity index (χ2n) is 7.79. The van der Waals surface area contributed by atoms with Gasteiger partial charge < -0.3 is 14.0 Å². The summed E-state index contributed by atoms with van der Waals surface area (Å²) in [6, 6.07) is 11.8.